The van der Waals surface area contributed by atoms with E-state index in [1.54, 1.807) is 0 Å². The summed E-state index contributed by atoms with van der Waals surface area (Å²) in [4.78, 5) is 20.1. The fraction of sp³-hybridized carbons (Fsp3) is 0.100. The molecule has 0 fully saturated rings. The van der Waals surface area contributed by atoms with E-state index in [-0.39, 0.29) is 5.91 Å². The monoisotopic (exact) mass is 253 g/mol. The minimum Gasteiger partial charge on any atom is -0.306 e. The summed E-state index contributed by atoms with van der Waals surface area (Å²) >= 11 is 7.08. The van der Waals surface area contributed by atoms with E-state index < -0.39 is 0 Å². The molecule has 4 nitrogen and oxygen atoms in total. The highest BCUT2D eigenvalue weighted by Crippen LogP contribution is 2.17. The molecule has 0 atom stereocenters. The van der Waals surface area contributed by atoms with Gasteiger partial charge in [-0.25, -0.2) is 9.97 Å². The van der Waals surface area contributed by atoms with Gasteiger partial charge in [0.2, 0.25) is 0 Å². The lowest BCUT2D eigenvalue weighted by atomic mass is 10.3. The molecule has 82 valence electrons. The maximum absolute atomic E-state index is 11.8. The Morgan fingerprint density at radius 2 is 2.31 bits per heavy atom. The molecular weight excluding hydrogens is 246 g/mol. The summed E-state index contributed by atoms with van der Waals surface area (Å²) < 4.78 is 0. The molecular formula is C10H8ClN3OS. The second-order valence-electron chi connectivity index (χ2n) is 3.11. The van der Waals surface area contributed by atoms with Crippen LogP contribution in [0.4, 0.5) is 5.82 Å². The summed E-state index contributed by atoms with van der Waals surface area (Å²) in [7, 11) is 0. The van der Waals surface area contributed by atoms with Gasteiger partial charge in [0, 0.05) is 6.07 Å². The summed E-state index contributed by atoms with van der Waals surface area (Å²) in [5, 5.41) is 4.83. The Morgan fingerprint density at radius 3 is 2.94 bits per heavy atom. The maximum Gasteiger partial charge on any atom is 0.267 e. The van der Waals surface area contributed by atoms with Crippen LogP contribution in [-0.2, 0) is 0 Å². The Bertz CT molecular complexity index is 526. The third kappa shape index (κ3) is 2.37. The molecule has 6 heteroatoms. The average molecular weight is 254 g/mol. The van der Waals surface area contributed by atoms with E-state index in [4.69, 9.17) is 11.6 Å². The lowest BCUT2D eigenvalue weighted by Crippen LogP contribution is -2.12. The SMILES string of the molecule is Cc1ccsc1C(=O)Nc1cc(Cl)ncn1. The molecule has 0 spiro atoms. The Morgan fingerprint density at radius 1 is 1.50 bits per heavy atom. The summed E-state index contributed by atoms with van der Waals surface area (Å²) in [6, 6.07) is 3.40. The predicted octanol–water partition coefficient (Wildman–Crippen LogP) is 2.75. The van der Waals surface area contributed by atoms with E-state index in [0.29, 0.717) is 15.8 Å². The average Bonchev–Trinajstić information content (AvgIpc) is 2.64. The molecule has 1 amide bonds. The molecule has 16 heavy (non-hydrogen) atoms. The second kappa shape index (κ2) is 4.59. The van der Waals surface area contributed by atoms with Gasteiger partial charge in [-0.2, -0.15) is 0 Å². The molecule has 0 saturated carbocycles. The number of hydrogen-bond donors (Lipinski definition) is 1. The van der Waals surface area contributed by atoms with Crippen molar-refractivity contribution in [2.45, 2.75) is 6.92 Å². The maximum atomic E-state index is 11.8. The number of aromatic nitrogens is 2. The smallest absolute Gasteiger partial charge is 0.267 e. The zero-order chi connectivity index (χ0) is 11.5. The van der Waals surface area contributed by atoms with Crippen LogP contribution in [0.3, 0.4) is 0 Å². The Kier molecular flexibility index (Phi) is 3.17. The Labute approximate surface area is 101 Å². The fourth-order valence-corrected chi connectivity index (χ4v) is 2.15. The lowest BCUT2D eigenvalue weighted by molar-refractivity contribution is 0.102. The summed E-state index contributed by atoms with van der Waals surface area (Å²) in [6.07, 6.45) is 1.30. The number of nitrogens with one attached hydrogen (secondary N) is 1. The largest absolute Gasteiger partial charge is 0.306 e. The topological polar surface area (TPSA) is 54.9 Å². The second-order valence-corrected chi connectivity index (χ2v) is 4.42. The van der Waals surface area contributed by atoms with E-state index in [2.05, 4.69) is 15.3 Å². The van der Waals surface area contributed by atoms with Crippen molar-refractivity contribution in [1.29, 1.82) is 0 Å². The quantitative estimate of drug-likeness (QED) is 0.838. The van der Waals surface area contributed by atoms with Crippen molar-refractivity contribution in [3.05, 3.63) is 39.4 Å². The van der Waals surface area contributed by atoms with Gasteiger partial charge in [-0.3, -0.25) is 4.79 Å². The number of aryl methyl sites for hydroxylation is 1. The molecule has 0 aliphatic carbocycles. The van der Waals surface area contributed by atoms with Crippen LogP contribution in [0.15, 0.2) is 23.8 Å². The van der Waals surface area contributed by atoms with Crippen LogP contribution >= 0.6 is 22.9 Å². The van der Waals surface area contributed by atoms with Gasteiger partial charge in [0.05, 0.1) is 4.88 Å². The molecule has 0 unspecified atom stereocenters. The van der Waals surface area contributed by atoms with Gasteiger partial charge in [0.25, 0.3) is 5.91 Å². The van der Waals surface area contributed by atoms with Crippen LogP contribution in [0.1, 0.15) is 15.2 Å². The van der Waals surface area contributed by atoms with Gasteiger partial charge in [-0.15, -0.1) is 11.3 Å². The third-order valence-corrected chi connectivity index (χ3v) is 3.17. The molecule has 2 rings (SSSR count). The number of anilines is 1. The minimum absolute atomic E-state index is 0.178. The molecule has 0 bridgehead atoms. The zero-order valence-electron chi connectivity index (χ0n) is 8.40. The van der Waals surface area contributed by atoms with Crippen molar-refractivity contribution in [3.8, 4) is 0 Å². The molecule has 2 heterocycles. The van der Waals surface area contributed by atoms with Crippen LogP contribution < -0.4 is 5.32 Å². The van der Waals surface area contributed by atoms with Crippen molar-refractivity contribution in [1.82, 2.24) is 9.97 Å². The molecule has 0 aromatic carbocycles. The van der Waals surface area contributed by atoms with Gasteiger partial charge in [0.15, 0.2) is 0 Å². The number of carbonyl (C=O) groups excluding carboxylic acids is 1. The first-order valence-electron chi connectivity index (χ1n) is 4.50. The van der Waals surface area contributed by atoms with Gasteiger partial charge >= 0.3 is 0 Å². The van der Waals surface area contributed by atoms with E-state index >= 15 is 0 Å². The summed E-state index contributed by atoms with van der Waals surface area (Å²) in [5.74, 6) is 0.222. The number of nitrogens with zero attached hydrogens (tertiary/aromatic N) is 2. The summed E-state index contributed by atoms with van der Waals surface area (Å²) in [6.45, 7) is 1.89. The lowest BCUT2D eigenvalue weighted by Gasteiger charge is -2.02. The van der Waals surface area contributed by atoms with E-state index in [1.165, 1.54) is 23.7 Å². The highest BCUT2D eigenvalue weighted by molar-refractivity contribution is 7.12. The van der Waals surface area contributed by atoms with Crippen LogP contribution in [0.25, 0.3) is 0 Å². The molecule has 1 N–H and O–H groups in total. The number of carbonyl (C=O) groups is 1. The predicted molar refractivity (Wildman–Crippen MR) is 64.1 cm³/mol. The van der Waals surface area contributed by atoms with Crippen molar-refractivity contribution >= 4 is 34.7 Å². The first kappa shape index (κ1) is 11.0. The van der Waals surface area contributed by atoms with E-state index in [1.807, 2.05) is 18.4 Å². The van der Waals surface area contributed by atoms with Crippen molar-refractivity contribution in [3.63, 3.8) is 0 Å². The van der Waals surface area contributed by atoms with Crippen LogP contribution in [0.2, 0.25) is 5.15 Å². The number of amides is 1. The molecule has 0 aliphatic heterocycles. The number of thiophene rings is 1. The zero-order valence-corrected chi connectivity index (χ0v) is 9.97. The standard InChI is InChI=1S/C10H8ClN3OS/c1-6-2-3-16-9(6)10(15)14-8-4-7(11)12-5-13-8/h2-5H,1H3,(H,12,13,14,15). The molecule has 0 saturated heterocycles. The van der Waals surface area contributed by atoms with Crippen LogP contribution in [0, 0.1) is 6.92 Å². The third-order valence-electron chi connectivity index (χ3n) is 1.94. The van der Waals surface area contributed by atoms with Gasteiger partial charge in [-0.1, -0.05) is 11.6 Å². The number of halogens is 1. The normalized spacial score (nSPS) is 10.1. The molecule has 2 aromatic rings. The molecule has 0 aliphatic rings. The van der Waals surface area contributed by atoms with Gasteiger partial charge < -0.3 is 5.32 Å². The highest BCUT2D eigenvalue weighted by atomic mass is 35.5. The van der Waals surface area contributed by atoms with Crippen molar-refractivity contribution in [2.24, 2.45) is 0 Å². The van der Waals surface area contributed by atoms with E-state index in [0.717, 1.165) is 5.56 Å². The van der Waals surface area contributed by atoms with E-state index in [9.17, 15) is 4.79 Å². The van der Waals surface area contributed by atoms with Gasteiger partial charge in [-0.05, 0) is 23.9 Å². The molecule has 2 aromatic heterocycles. The first-order chi connectivity index (χ1) is 7.66. The van der Waals surface area contributed by atoms with Crippen molar-refractivity contribution < 1.29 is 4.79 Å². The van der Waals surface area contributed by atoms with Crippen molar-refractivity contribution in [2.75, 3.05) is 5.32 Å². The number of hydrogen-bond acceptors (Lipinski definition) is 4. The summed E-state index contributed by atoms with van der Waals surface area (Å²) in [5.41, 5.74) is 0.947. The van der Waals surface area contributed by atoms with Gasteiger partial charge in [0.1, 0.15) is 17.3 Å². The van der Waals surface area contributed by atoms with Crippen LogP contribution in [-0.4, -0.2) is 15.9 Å². The molecule has 0 radical (unpaired) electrons. The minimum atomic E-state index is -0.178. The Hall–Kier alpha value is -1.46. The Balaban J connectivity index is 2.17. The first-order valence-corrected chi connectivity index (χ1v) is 5.75. The number of rotatable bonds is 2. The van der Waals surface area contributed by atoms with Crippen LogP contribution in [0.5, 0.6) is 0 Å². The fourth-order valence-electron chi connectivity index (χ4n) is 1.18. The highest BCUT2D eigenvalue weighted by Gasteiger charge is 2.11.